The van der Waals surface area contributed by atoms with Gasteiger partial charge in [-0.15, -0.1) is 10.2 Å². The van der Waals surface area contributed by atoms with Gasteiger partial charge in [0.15, 0.2) is 0 Å². The van der Waals surface area contributed by atoms with Gasteiger partial charge in [-0.25, -0.2) is 12.8 Å². The van der Waals surface area contributed by atoms with Crippen molar-refractivity contribution < 1.29 is 12.8 Å². The lowest BCUT2D eigenvalue weighted by Gasteiger charge is -2.37. The number of hydrogen-bond donors (Lipinski definition) is 1. The van der Waals surface area contributed by atoms with E-state index in [0.29, 0.717) is 18.0 Å². The molecule has 0 amide bonds. The third kappa shape index (κ3) is 5.11. The molecule has 2 heterocycles. The summed E-state index contributed by atoms with van der Waals surface area (Å²) in [5.41, 5.74) is 1.93. The second kappa shape index (κ2) is 10.1. The van der Waals surface area contributed by atoms with E-state index in [1.165, 1.54) is 10.4 Å². The first kappa shape index (κ1) is 23.9. The monoisotopic (exact) mass is 497 g/mol. The largest absolute Gasteiger partial charge is 0.382 e. The number of sulfonamides is 1. The molecule has 9 heteroatoms. The van der Waals surface area contributed by atoms with Gasteiger partial charge in [0.05, 0.1) is 0 Å². The molecule has 0 radical (unpaired) electrons. The first-order valence-electron chi connectivity index (χ1n) is 12.4. The summed E-state index contributed by atoms with van der Waals surface area (Å²) in [5, 5.41) is 10.7. The van der Waals surface area contributed by atoms with Crippen LogP contribution in [0.25, 0.3) is 0 Å². The zero-order chi connectivity index (χ0) is 24.4. The van der Waals surface area contributed by atoms with E-state index < -0.39 is 15.3 Å². The summed E-state index contributed by atoms with van der Waals surface area (Å²) in [6.45, 7) is 1.95. The molecular formula is C26H32FN5O2S. The van der Waals surface area contributed by atoms with Gasteiger partial charge in [-0.3, -0.25) is 0 Å². The van der Waals surface area contributed by atoms with Gasteiger partial charge < -0.3 is 9.88 Å². The molecule has 5 rings (SSSR count). The summed E-state index contributed by atoms with van der Waals surface area (Å²) in [7, 11) is -3.60. The van der Waals surface area contributed by atoms with Crippen LogP contribution >= 0.6 is 0 Å². The average molecular weight is 498 g/mol. The molecule has 1 saturated carbocycles. The third-order valence-electron chi connectivity index (χ3n) is 7.50. The number of nitrogens with one attached hydrogen (secondary N) is 1. The van der Waals surface area contributed by atoms with Crippen LogP contribution in [0.3, 0.4) is 0 Å². The van der Waals surface area contributed by atoms with Crippen molar-refractivity contribution >= 4 is 15.7 Å². The molecule has 186 valence electrons. The fraction of sp³-hybridized carbons (Fsp3) is 0.462. The highest BCUT2D eigenvalue weighted by molar-refractivity contribution is 7.89. The smallest absolute Gasteiger partial charge is 0.221 e. The summed E-state index contributed by atoms with van der Waals surface area (Å²) < 4.78 is 45.6. The fourth-order valence-electron chi connectivity index (χ4n) is 5.44. The van der Waals surface area contributed by atoms with Crippen molar-refractivity contribution in [2.75, 3.05) is 5.32 Å². The molecule has 0 spiro atoms. The highest BCUT2D eigenvalue weighted by Gasteiger charge is 2.40. The molecule has 3 aromatic rings. The summed E-state index contributed by atoms with van der Waals surface area (Å²) >= 11 is 0. The summed E-state index contributed by atoms with van der Waals surface area (Å²) in [6, 6.07) is 14.9. The number of nitrogens with zero attached hydrogens (tertiary/aromatic N) is 4. The van der Waals surface area contributed by atoms with Gasteiger partial charge in [0, 0.05) is 35.9 Å². The van der Waals surface area contributed by atoms with E-state index in [9.17, 15) is 8.42 Å². The number of rotatable bonds is 6. The number of hydrogen-bond acceptors (Lipinski definition) is 5. The van der Waals surface area contributed by atoms with Crippen molar-refractivity contribution in [1.82, 2.24) is 19.1 Å². The van der Waals surface area contributed by atoms with Crippen LogP contribution in [-0.2, 0) is 16.6 Å². The Balaban J connectivity index is 1.25. The molecule has 2 aromatic carbocycles. The first-order chi connectivity index (χ1) is 16.9. The van der Waals surface area contributed by atoms with Crippen LogP contribution < -0.4 is 5.32 Å². The summed E-state index contributed by atoms with van der Waals surface area (Å²) in [5.74, 6) is -0.377. The van der Waals surface area contributed by atoms with Crippen molar-refractivity contribution in [1.29, 1.82) is 0 Å². The maximum absolute atomic E-state index is 15.1. The molecule has 2 aliphatic rings. The Morgan fingerprint density at radius 1 is 0.971 bits per heavy atom. The van der Waals surface area contributed by atoms with Crippen LogP contribution in [0.4, 0.5) is 10.1 Å². The molecule has 1 unspecified atom stereocenters. The van der Waals surface area contributed by atoms with Crippen LogP contribution in [0.5, 0.6) is 0 Å². The van der Waals surface area contributed by atoms with Gasteiger partial charge in [-0.1, -0.05) is 36.4 Å². The Bertz CT molecular complexity index is 1230. The maximum atomic E-state index is 15.1. The predicted octanol–water partition coefficient (Wildman–Crippen LogP) is 5.07. The van der Waals surface area contributed by atoms with Crippen molar-refractivity contribution in [2.45, 2.75) is 75.4 Å². The van der Waals surface area contributed by atoms with Gasteiger partial charge in [0.1, 0.15) is 23.7 Å². The van der Waals surface area contributed by atoms with E-state index in [-0.39, 0.29) is 24.4 Å². The Morgan fingerprint density at radius 2 is 1.69 bits per heavy atom. The molecule has 1 aromatic heterocycles. The SMILES string of the molecule is C[C@H]1CCC(c2ccccc2)S(=O)(=O)N1Cc1ccc(N[C@H]2CC[C@H](n3cnnc3)CC2)cc1F. The first-order valence-corrected chi connectivity index (χ1v) is 13.9. The van der Waals surface area contributed by atoms with Gasteiger partial charge in [0.25, 0.3) is 0 Å². The summed E-state index contributed by atoms with van der Waals surface area (Å²) in [6.07, 6.45) is 8.85. The minimum absolute atomic E-state index is 0.0446. The van der Waals surface area contributed by atoms with E-state index in [2.05, 4.69) is 20.1 Å². The predicted molar refractivity (Wildman–Crippen MR) is 134 cm³/mol. The van der Waals surface area contributed by atoms with Gasteiger partial charge in [-0.2, -0.15) is 4.31 Å². The van der Waals surface area contributed by atoms with Crippen LogP contribution in [0.2, 0.25) is 0 Å². The lowest BCUT2D eigenvalue weighted by Crippen LogP contribution is -2.44. The average Bonchev–Trinajstić information content (AvgIpc) is 3.39. The van der Waals surface area contributed by atoms with Crippen LogP contribution in [0, 0.1) is 5.82 Å². The van der Waals surface area contributed by atoms with Crippen molar-refractivity contribution in [2.24, 2.45) is 0 Å². The Kier molecular flexibility index (Phi) is 6.88. The van der Waals surface area contributed by atoms with Crippen LogP contribution in [0.1, 0.15) is 67.9 Å². The molecular weight excluding hydrogens is 465 g/mol. The van der Waals surface area contributed by atoms with Crippen molar-refractivity contribution in [3.63, 3.8) is 0 Å². The normalized spacial score (nSPS) is 26.9. The Morgan fingerprint density at radius 3 is 2.37 bits per heavy atom. The number of halogens is 1. The van der Waals surface area contributed by atoms with E-state index >= 15 is 4.39 Å². The molecule has 1 saturated heterocycles. The van der Waals surface area contributed by atoms with Crippen molar-refractivity contribution in [3.8, 4) is 0 Å². The lowest BCUT2D eigenvalue weighted by molar-refractivity contribution is 0.279. The highest BCUT2D eigenvalue weighted by Crippen LogP contribution is 2.38. The van der Waals surface area contributed by atoms with Crippen LogP contribution in [0.15, 0.2) is 61.2 Å². The molecule has 35 heavy (non-hydrogen) atoms. The van der Waals surface area contributed by atoms with Gasteiger partial charge in [-0.05, 0) is 63.1 Å². The molecule has 1 aliphatic heterocycles. The van der Waals surface area contributed by atoms with Crippen LogP contribution in [-0.4, -0.2) is 39.6 Å². The number of benzene rings is 2. The summed E-state index contributed by atoms with van der Waals surface area (Å²) in [4.78, 5) is 0. The van der Waals surface area contributed by atoms with E-state index in [1.54, 1.807) is 18.7 Å². The minimum Gasteiger partial charge on any atom is -0.382 e. The minimum atomic E-state index is -3.60. The molecule has 1 N–H and O–H groups in total. The van der Waals surface area contributed by atoms with Gasteiger partial charge in [0.2, 0.25) is 10.0 Å². The molecule has 2 atom stereocenters. The molecule has 0 bridgehead atoms. The Hall–Kier alpha value is -2.78. The number of anilines is 1. The lowest BCUT2D eigenvalue weighted by atomic mass is 9.91. The van der Waals surface area contributed by atoms with E-state index in [1.807, 2.05) is 43.3 Å². The van der Waals surface area contributed by atoms with Gasteiger partial charge >= 0.3 is 0 Å². The standard InChI is InChI=1S/C26H32FN5O2S/c1-19-7-14-26(20-5-3-2-4-6-20)35(33,34)32(19)16-21-8-9-23(15-25(21)27)30-22-10-12-24(13-11-22)31-17-28-29-18-31/h2-6,8-9,15,17-19,22,24,26,30H,7,10-14,16H2,1H3/t19-,22-,24-,26?/m0/s1. The topological polar surface area (TPSA) is 80.1 Å². The van der Waals surface area contributed by atoms with E-state index in [4.69, 9.17) is 0 Å². The fourth-order valence-corrected chi connectivity index (χ4v) is 7.62. The highest BCUT2D eigenvalue weighted by atomic mass is 32.2. The zero-order valence-electron chi connectivity index (χ0n) is 19.9. The maximum Gasteiger partial charge on any atom is 0.221 e. The Labute approximate surface area is 206 Å². The zero-order valence-corrected chi connectivity index (χ0v) is 20.7. The van der Waals surface area contributed by atoms with E-state index in [0.717, 1.165) is 43.4 Å². The quantitative estimate of drug-likeness (QED) is 0.514. The number of aromatic nitrogens is 3. The second-order valence-electron chi connectivity index (χ2n) is 9.78. The molecule has 7 nitrogen and oxygen atoms in total. The van der Waals surface area contributed by atoms with Crippen molar-refractivity contribution in [3.05, 3.63) is 78.1 Å². The molecule has 2 fully saturated rings. The second-order valence-corrected chi connectivity index (χ2v) is 11.8. The third-order valence-corrected chi connectivity index (χ3v) is 9.87. The molecule has 1 aliphatic carbocycles.